The molecule has 0 saturated heterocycles. The molecule has 2 aromatic rings. The molecule has 2 rings (SSSR count). The van der Waals surface area contributed by atoms with Crippen LogP contribution in [0.25, 0.3) is 0 Å². The second-order valence-electron chi connectivity index (χ2n) is 6.12. The average molecular weight is 323 g/mol. The van der Waals surface area contributed by atoms with Crippen LogP contribution in [0.1, 0.15) is 37.3 Å². The van der Waals surface area contributed by atoms with Crippen molar-refractivity contribution in [2.24, 2.45) is 0 Å². The van der Waals surface area contributed by atoms with Crippen molar-refractivity contribution in [2.45, 2.75) is 37.8 Å². The van der Waals surface area contributed by atoms with Gasteiger partial charge in [-0.25, -0.2) is 0 Å². The Balaban J connectivity index is 2.52. The van der Waals surface area contributed by atoms with Crippen LogP contribution < -0.4 is 5.32 Å². The third-order valence-electron chi connectivity index (χ3n) is 4.43. The van der Waals surface area contributed by atoms with E-state index in [1.807, 2.05) is 13.1 Å². The number of benzene rings is 2. The summed E-state index contributed by atoms with van der Waals surface area (Å²) >= 11 is 0. The van der Waals surface area contributed by atoms with E-state index in [4.69, 9.17) is 4.74 Å². The van der Waals surface area contributed by atoms with Crippen LogP contribution in [0.5, 0.6) is 0 Å². The number of ether oxygens (including phenoxy) is 1. The van der Waals surface area contributed by atoms with Crippen molar-refractivity contribution in [3.05, 3.63) is 84.4 Å². The quantitative estimate of drug-likeness (QED) is 0.627. The molecule has 0 amide bonds. The summed E-state index contributed by atoms with van der Waals surface area (Å²) in [6, 6.07) is 21.4. The van der Waals surface area contributed by atoms with Crippen LogP contribution in [0.15, 0.2) is 73.3 Å². The van der Waals surface area contributed by atoms with Gasteiger partial charge in [-0.2, -0.15) is 0 Å². The van der Waals surface area contributed by atoms with E-state index < -0.39 is 5.60 Å². The van der Waals surface area contributed by atoms with Crippen molar-refractivity contribution in [1.29, 1.82) is 0 Å². The molecular weight excluding hydrogens is 294 g/mol. The van der Waals surface area contributed by atoms with Crippen LogP contribution in [-0.4, -0.2) is 19.7 Å². The molecular formula is C22H29NO. The summed E-state index contributed by atoms with van der Waals surface area (Å²) in [6.45, 7) is 6.79. The van der Waals surface area contributed by atoms with E-state index in [0.717, 1.165) is 25.9 Å². The third kappa shape index (κ3) is 4.34. The first-order valence-corrected chi connectivity index (χ1v) is 8.80. The molecule has 0 heterocycles. The van der Waals surface area contributed by atoms with Gasteiger partial charge in [0, 0.05) is 19.1 Å². The number of hydrogen-bond acceptors (Lipinski definition) is 2. The molecule has 0 bridgehead atoms. The molecule has 0 spiro atoms. The Hall–Kier alpha value is -1.90. The van der Waals surface area contributed by atoms with Crippen LogP contribution in [0.2, 0.25) is 0 Å². The summed E-state index contributed by atoms with van der Waals surface area (Å²) < 4.78 is 6.56. The maximum atomic E-state index is 6.56. The van der Waals surface area contributed by atoms with Gasteiger partial charge in [-0.15, -0.1) is 6.58 Å². The van der Waals surface area contributed by atoms with Gasteiger partial charge in [0.2, 0.25) is 0 Å². The van der Waals surface area contributed by atoms with E-state index in [0.29, 0.717) is 6.04 Å². The van der Waals surface area contributed by atoms with Gasteiger partial charge in [-0.3, -0.25) is 0 Å². The topological polar surface area (TPSA) is 21.3 Å². The number of hydrogen-bond donors (Lipinski definition) is 1. The minimum Gasteiger partial charge on any atom is -0.365 e. The van der Waals surface area contributed by atoms with E-state index in [9.17, 15) is 0 Å². The first-order valence-electron chi connectivity index (χ1n) is 8.80. The third-order valence-corrected chi connectivity index (χ3v) is 4.43. The van der Waals surface area contributed by atoms with E-state index in [1.54, 1.807) is 0 Å². The van der Waals surface area contributed by atoms with E-state index in [1.165, 1.54) is 11.1 Å². The Morgan fingerprint density at radius 2 is 1.58 bits per heavy atom. The Labute approximate surface area is 146 Å². The first-order chi connectivity index (χ1) is 11.8. The highest BCUT2D eigenvalue weighted by Gasteiger charge is 2.37. The van der Waals surface area contributed by atoms with Gasteiger partial charge < -0.3 is 10.1 Å². The summed E-state index contributed by atoms with van der Waals surface area (Å²) in [7, 11) is 2.01. The Morgan fingerprint density at radius 3 is 2.00 bits per heavy atom. The second kappa shape index (κ2) is 9.41. The summed E-state index contributed by atoms with van der Waals surface area (Å²) in [5, 5.41) is 3.42. The average Bonchev–Trinajstić information content (AvgIpc) is 2.66. The molecule has 0 fully saturated rings. The molecule has 0 aliphatic carbocycles. The van der Waals surface area contributed by atoms with Gasteiger partial charge in [0.1, 0.15) is 5.60 Å². The lowest BCUT2D eigenvalue weighted by atomic mass is 9.80. The maximum Gasteiger partial charge on any atom is 0.120 e. The lowest BCUT2D eigenvalue weighted by Crippen LogP contribution is -2.40. The molecule has 1 N–H and O–H groups in total. The number of rotatable bonds is 10. The summed E-state index contributed by atoms with van der Waals surface area (Å²) in [5.41, 5.74) is 1.96. The van der Waals surface area contributed by atoms with E-state index in [2.05, 4.69) is 79.5 Å². The fraction of sp³-hybridized carbons (Fsp3) is 0.364. The van der Waals surface area contributed by atoms with Crippen molar-refractivity contribution < 1.29 is 4.74 Å². The van der Waals surface area contributed by atoms with Gasteiger partial charge in [0.05, 0.1) is 0 Å². The van der Waals surface area contributed by atoms with Gasteiger partial charge in [-0.1, -0.05) is 73.7 Å². The molecule has 0 aliphatic rings. The van der Waals surface area contributed by atoms with Crippen molar-refractivity contribution in [1.82, 2.24) is 5.32 Å². The highest BCUT2D eigenvalue weighted by Crippen LogP contribution is 2.38. The normalized spacial score (nSPS) is 12.8. The zero-order valence-electron chi connectivity index (χ0n) is 14.9. The minimum atomic E-state index is -0.449. The molecule has 0 radical (unpaired) electrons. The standard InChI is InChI=1S/C22H29NO/c1-4-12-21(23-3)18-22(24-17-5-2,19-13-8-6-9-14-19)20-15-10-7-11-16-20/h4,6-11,13-16,21,23H,1,5,12,17-18H2,2-3H3. The van der Waals surface area contributed by atoms with Crippen LogP contribution >= 0.6 is 0 Å². The van der Waals surface area contributed by atoms with Crippen LogP contribution in [0.3, 0.4) is 0 Å². The van der Waals surface area contributed by atoms with Crippen molar-refractivity contribution >= 4 is 0 Å². The lowest BCUT2D eigenvalue weighted by Gasteiger charge is -2.38. The molecule has 24 heavy (non-hydrogen) atoms. The molecule has 0 saturated carbocycles. The van der Waals surface area contributed by atoms with Crippen LogP contribution in [-0.2, 0) is 10.3 Å². The summed E-state index contributed by atoms with van der Waals surface area (Å²) in [6.07, 6.45) is 4.74. The van der Waals surface area contributed by atoms with Gasteiger partial charge in [-0.05, 0) is 31.0 Å². The summed E-state index contributed by atoms with van der Waals surface area (Å²) in [4.78, 5) is 0. The lowest BCUT2D eigenvalue weighted by molar-refractivity contribution is -0.0307. The maximum absolute atomic E-state index is 6.56. The molecule has 0 aromatic heterocycles. The highest BCUT2D eigenvalue weighted by atomic mass is 16.5. The van der Waals surface area contributed by atoms with Crippen molar-refractivity contribution in [3.8, 4) is 0 Å². The predicted molar refractivity (Wildman–Crippen MR) is 102 cm³/mol. The minimum absolute atomic E-state index is 0.305. The molecule has 128 valence electrons. The smallest absolute Gasteiger partial charge is 0.120 e. The van der Waals surface area contributed by atoms with Crippen LogP contribution in [0.4, 0.5) is 0 Å². The van der Waals surface area contributed by atoms with Crippen molar-refractivity contribution in [2.75, 3.05) is 13.7 Å². The van der Waals surface area contributed by atoms with Gasteiger partial charge in [0.15, 0.2) is 0 Å². The van der Waals surface area contributed by atoms with Crippen molar-refractivity contribution in [3.63, 3.8) is 0 Å². The SMILES string of the molecule is C=CCC(CC(OCCC)(c1ccccc1)c1ccccc1)NC. The highest BCUT2D eigenvalue weighted by molar-refractivity contribution is 5.37. The zero-order chi connectivity index (χ0) is 17.3. The predicted octanol–water partition coefficient (Wildman–Crippen LogP) is 4.91. The van der Waals surface area contributed by atoms with E-state index >= 15 is 0 Å². The first kappa shape index (κ1) is 18.4. The van der Waals surface area contributed by atoms with Gasteiger partial charge in [0.25, 0.3) is 0 Å². The monoisotopic (exact) mass is 323 g/mol. The Bertz CT molecular complexity index is 554. The van der Waals surface area contributed by atoms with Crippen LogP contribution in [0, 0.1) is 0 Å². The molecule has 2 aromatic carbocycles. The molecule has 2 nitrogen and oxygen atoms in total. The largest absolute Gasteiger partial charge is 0.365 e. The van der Waals surface area contributed by atoms with E-state index in [-0.39, 0.29) is 0 Å². The fourth-order valence-electron chi connectivity index (χ4n) is 3.17. The molecule has 1 atom stereocenters. The molecule has 1 unspecified atom stereocenters. The zero-order valence-corrected chi connectivity index (χ0v) is 14.9. The fourth-order valence-corrected chi connectivity index (χ4v) is 3.17. The molecule has 2 heteroatoms. The Morgan fingerprint density at radius 1 is 1.04 bits per heavy atom. The Kier molecular flexibility index (Phi) is 7.23. The number of nitrogens with one attached hydrogen (secondary N) is 1. The van der Waals surface area contributed by atoms with Gasteiger partial charge >= 0.3 is 0 Å². The molecule has 0 aliphatic heterocycles. The second-order valence-corrected chi connectivity index (χ2v) is 6.12. The summed E-state index contributed by atoms with van der Waals surface area (Å²) in [5.74, 6) is 0.